The van der Waals surface area contributed by atoms with Crippen LogP contribution < -0.4 is 10.6 Å². The second-order valence-electron chi connectivity index (χ2n) is 9.15. The number of alkyl carbamates (subject to hydrolysis) is 1. The third kappa shape index (κ3) is 4.32. The first-order valence-corrected chi connectivity index (χ1v) is 11.0. The number of carbonyl (C=O) groups excluding carboxylic acids is 3. The van der Waals surface area contributed by atoms with Crippen LogP contribution in [0.2, 0.25) is 0 Å². The highest BCUT2D eigenvalue weighted by atomic mass is 16.6. The number of hydrogen-bond donors (Lipinski definition) is 3. The molecule has 2 bridgehead atoms. The van der Waals surface area contributed by atoms with Crippen LogP contribution in [0, 0.1) is 5.92 Å². The molecule has 1 heterocycles. The highest BCUT2D eigenvalue weighted by molar-refractivity contribution is 6.37. The minimum Gasteiger partial charge on any atom is -0.454 e. The maximum Gasteiger partial charge on any atom is 0.407 e. The van der Waals surface area contributed by atoms with Crippen LogP contribution in [0.25, 0.3) is 0 Å². The van der Waals surface area contributed by atoms with Crippen molar-refractivity contribution < 1.29 is 23.9 Å². The zero-order valence-electron chi connectivity index (χ0n) is 17.6. The maximum atomic E-state index is 12.2. The molecule has 9 nitrogen and oxygen atoms in total. The van der Waals surface area contributed by atoms with Gasteiger partial charge in [-0.25, -0.2) is 9.59 Å². The average molecular weight is 438 g/mol. The van der Waals surface area contributed by atoms with Gasteiger partial charge in [-0.1, -0.05) is 30.3 Å². The Labute approximate surface area is 185 Å². The predicted molar refractivity (Wildman–Crippen MR) is 114 cm³/mol. The van der Waals surface area contributed by atoms with Crippen LogP contribution in [0.3, 0.4) is 0 Å². The van der Waals surface area contributed by atoms with Gasteiger partial charge in [-0.05, 0) is 50.0 Å². The van der Waals surface area contributed by atoms with Crippen LogP contribution in [-0.4, -0.2) is 39.8 Å². The van der Waals surface area contributed by atoms with E-state index in [9.17, 15) is 14.4 Å². The van der Waals surface area contributed by atoms with E-state index in [1.807, 2.05) is 30.3 Å². The first-order chi connectivity index (χ1) is 15.5. The molecule has 4 aliphatic carbocycles. The van der Waals surface area contributed by atoms with E-state index < -0.39 is 11.9 Å². The first kappa shape index (κ1) is 20.5. The second-order valence-corrected chi connectivity index (χ2v) is 9.15. The van der Waals surface area contributed by atoms with E-state index in [0.717, 1.165) is 49.3 Å². The van der Waals surface area contributed by atoms with Crippen LogP contribution in [0.5, 0.6) is 0 Å². The number of anilines is 1. The minimum atomic E-state index is -0.970. The summed E-state index contributed by atoms with van der Waals surface area (Å²) in [5, 5.41) is 12.5. The van der Waals surface area contributed by atoms with Gasteiger partial charge < -0.3 is 14.8 Å². The molecule has 1 aromatic heterocycles. The molecule has 32 heavy (non-hydrogen) atoms. The summed E-state index contributed by atoms with van der Waals surface area (Å²) in [5.41, 5.74) is 1.65. The molecule has 3 N–H and O–H groups in total. The van der Waals surface area contributed by atoms with E-state index in [-0.39, 0.29) is 36.1 Å². The molecule has 2 aromatic rings. The number of nitrogens with one attached hydrogen (secondary N) is 3. The number of hydrogen-bond acceptors (Lipinski definition) is 6. The lowest BCUT2D eigenvalue weighted by Gasteiger charge is -2.61. The summed E-state index contributed by atoms with van der Waals surface area (Å²) in [4.78, 5) is 36.2. The van der Waals surface area contributed by atoms with Gasteiger partial charge in [0.05, 0.1) is 0 Å². The molecular formula is C23H26N4O5. The Bertz CT molecular complexity index is 1000. The number of amides is 2. The Morgan fingerprint density at radius 3 is 2.62 bits per heavy atom. The third-order valence-corrected chi connectivity index (χ3v) is 6.74. The maximum absolute atomic E-state index is 12.2. The van der Waals surface area contributed by atoms with Gasteiger partial charge in [-0.3, -0.25) is 15.2 Å². The van der Waals surface area contributed by atoms with Crippen molar-refractivity contribution in [1.29, 1.82) is 0 Å². The normalized spacial score (nSPS) is 27.6. The van der Waals surface area contributed by atoms with Gasteiger partial charge in [0.25, 0.3) is 0 Å². The fourth-order valence-electron chi connectivity index (χ4n) is 4.92. The highest BCUT2D eigenvalue weighted by Crippen LogP contribution is 2.57. The van der Waals surface area contributed by atoms with E-state index in [0.29, 0.717) is 6.42 Å². The van der Waals surface area contributed by atoms with Crippen molar-refractivity contribution in [2.24, 2.45) is 5.92 Å². The molecule has 0 saturated heterocycles. The van der Waals surface area contributed by atoms with Crippen molar-refractivity contribution in [3.05, 3.63) is 47.7 Å². The van der Waals surface area contributed by atoms with E-state index in [1.165, 1.54) is 0 Å². The Morgan fingerprint density at radius 2 is 1.91 bits per heavy atom. The molecule has 4 fully saturated rings. The molecule has 4 aliphatic rings. The fraction of sp³-hybridized carbons (Fsp3) is 0.478. The molecule has 4 saturated carbocycles. The van der Waals surface area contributed by atoms with Crippen molar-refractivity contribution in [2.75, 3.05) is 5.32 Å². The summed E-state index contributed by atoms with van der Waals surface area (Å²) in [6.07, 6.45) is 5.10. The third-order valence-electron chi connectivity index (χ3n) is 6.74. The Hall–Kier alpha value is -3.36. The van der Waals surface area contributed by atoms with Gasteiger partial charge in [-0.15, -0.1) is 0 Å². The van der Waals surface area contributed by atoms with E-state index in [1.54, 1.807) is 6.07 Å². The topological polar surface area (TPSA) is 122 Å². The molecule has 6 rings (SSSR count). The van der Waals surface area contributed by atoms with Crippen LogP contribution in [-0.2, 0) is 25.7 Å². The van der Waals surface area contributed by atoms with Gasteiger partial charge in [0.15, 0.2) is 5.82 Å². The molecule has 2 atom stereocenters. The number of ether oxygens (including phenoxy) is 2. The Balaban J connectivity index is 1.07. The lowest BCUT2D eigenvalue weighted by Crippen LogP contribution is -2.68. The first-order valence-electron chi connectivity index (χ1n) is 11.0. The molecule has 0 aliphatic heterocycles. The number of aromatic amines is 1. The summed E-state index contributed by atoms with van der Waals surface area (Å²) < 4.78 is 10.6. The van der Waals surface area contributed by atoms with E-state index >= 15 is 0 Å². The Kier molecular flexibility index (Phi) is 5.32. The van der Waals surface area contributed by atoms with Gasteiger partial charge >= 0.3 is 18.0 Å². The molecule has 168 valence electrons. The number of H-pyrrole nitrogens is 1. The monoisotopic (exact) mass is 438 g/mol. The quantitative estimate of drug-likeness (QED) is 0.471. The Morgan fingerprint density at radius 1 is 1.12 bits per heavy atom. The summed E-state index contributed by atoms with van der Waals surface area (Å²) in [5.74, 6) is -0.649. The van der Waals surface area contributed by atoms with Crippen LogP contribution >= 0.6 is 0 Å². The average Bonchev–Trinajstić information content (AvgIpc) is 3.38. The van der Waals surface area contributed by atoms with Crippen LogP contribution in [0.15, 0.2) is 36.4 Å². The van der Waals surface area contributed by atoms with Crippen LogP contribution in [0.4, 0.5) is 10.6 Å². The lowest BCUT2D eigenvalue weighted by molar-refractivity contribution is -0.153. The number of benzene rings is 1. The lowest BCUT2D eigenvalue weighted by atomic mass is 9.50. The molecule has 0 radical (unpaired) electrons. The number of rotatable bonds is 6. The molecule has 0 spiro atoms. The summed E-state index contributed by atoms with van der Waals surface area (Å²) in [6.45, 7) is 0.0254. The van der Waals surface area contributed by atoms with Gasteiger partial charge in [0, 0.05) is 23.2 Å². The van der Waals surface area contributed by atoms with Crippen molar-refractivity contribution in [2.45, 2.75) is 62.7 Å². The highest BCUT2D eigenvalue weighted by Gasteiger charge is 2.57. The van der Waals surface area contributed by atoms with Crippen molar-refractivity contribution in [3.63, 3.8) is 0 Å². The molecular weight excluding hydrogens is 412 g/mol. The molecule has 2 amide bonds. The van der Waals surface area contributed by atoms with Crippen molar-refractivity contribution in [1.82, 2.24) is 15.5 Å². The SMILES string of the molecule is O=C(NC12CC(C1)C2)O[C@@H]1CC[C@H](c2cc(NC(=O)C(=O)OCc3ccccc3)n[nH]2)C1. The fourth-order valence-corrected chi connectivity index (χ4v) is 4.92. The van der Waals surface area contributed by atoms with Crippen LogP contribution in [0.1, 0.15) is 55.7 Å². The number of nitrogens with zero attached hydrogens (tertiary/aromatic N) is 1. The zero-order chi connectivity index (χ0) is 22.1. The molecule has 0 unspecified atom stereocenters. The van der Waals surface area contributed by atoms with Gasteiger partial charge in [-0.2, -0.15) is 5.10 Å². The van der Waals surface area contributed by atoms with Gasteiger partial charge in [0.1, 0.15) is 12.7 Å². The summed E-state index contributed by atoms with van der Waals surface area (Å²) in [7, 11) is 0. The number of carbonyl (C=O) groups is 3. The predicted octanol–water partition coefficient (Wildman–Crippen LogP) is 3.01. The second kappa shape index (κ2) is 8.29. The van der Waals surface area contributed by atoms with E-state index in [4.69, 9.17) is 9.47 Å². The standard InChI is InChI=1S/C23H26N4O5/c28-20(21(29)31-13-14-4-2-1-3-5-14)24-19-9-18(26-27-19)16-6-7-17(8-16)32-22(30)25-23-10-15(11-23)12-23/h1-5,9,15-17H,6-8,10-13H2,(H,25,30)(H2,24,26,27,28)/t15?,16-,17+,23?/m0/s1. The van der Waals surface area contributed by atoms with Crippen molar-refractivity contribution >= 4 is 23.8 Å². The number of esters is 1. The van der Waals surface area contributed by atoms with Crippen molar-refractivity contribution in [3.8, 4) is 0 Å². The molecule has 9 heteroatoms. The summed E-state index contributed by atoms with van der Waals surface area (Å²) in [6, 6.07) is 10.8. The zero-order valence-corrected chi connectivity index (χ0v) is 17.6. The number of aromatic nitrogens is 2. The minimum absolute atomic E-state index is 0.0124. The summed E-state index contributed by atoms with van der Waals surface area (Å²) >= 11 is 0. The molecule has 1 aromatic carbocycles. The van der Waals surface area contributed by atoms with E-state index in [2.05, 4.69) is 20.8 Å². The largest absolute Gasteiger partial charge is 0.454 e. The smallest absolute Gasteiger partial charge is 0.407 e. The van der Waals surface area contributed by atoms with Gasteiger partial charge in [0.2, 0.25) is 0 Å².